The van der Waals surface area contributed by atoms with Crippen LogP contribution in [0.1, 0.15) is 35.1 Å². The number of rotatable bonds is 7. The Morgan fingerprint density at radius 2 is 2.06 bits per heavy atom. The number of aliphatic hydroxyl groups is 1. The maximum Gasteiger partial charge on any atom is 0.408 e. The smallest absolute Gasteiger partial charge is 0.388 e. The topological polar surface area (TPSA) is 96.4 Å². The molecule has 3 heterocycles. The summed E-state index contributed by atoms with van der Waals surface area (Å²) in [5, 5.41) is 14.4. The van der Waals surface area contributed by atoms with Crippen LogP contribution in [-0.4, -0.2) is 58.6 Å². The molecular formula is C18H19F5N4O3S. The molecule has 13 heteroatoms. The number of carbonyl (C=O) groups is 1. The van der Waals surface area contributed by atoms with Crippen LogP contribution in [0, 0.1) is 0 Å². The number of hydrogen-bond acceptors (Lipinski definition) is 7. The lowest BCUT2D eigenvalue weighted by Gasteiger charge is -2.21. The Kier molecular flexibility index (Phi) is 7.06. The van der Waals surface area contributed by atoms with Crippen LogP contribution in [0.25, 0.3) is 10.4 Å². The molecule has 170 valence electrons. The summed E-state index contributed by atoms with van der Waals surface area (Å²) in [5.41, 5.74) is -0.578. The molecule has 0 bridgehead atoms. The third-order valence-corrected chi connectivity index (χ3v) is 5.66. The molecule has 0 radical (unpaired) electrons. The molecule has 0 unspecified atom stereocenters. The van der Waals surface area contributed by atoms with Crippen LogP contribution in [-0.2, 0) is 4.74 Å². The first-order chi connectivity index (χ1) is 14.6. The largest absolute Gasteiger partial charge is 0.408 e. The number of amides is 1. The molecule has 1 aliphatic rings. The molecule has 1 aliphatic heterocycles. The fourth-order valence-electron chi connectivity index (χ4n) is 2.94. The summed E-state index contributed by atoms with van der Waals surface area (Å²) in [5.74, 6) is -0.937. The van der Waals surface area contributed by atoms with Crippen molar-refractivity contribution in [3.05, 3.63) is 29.0 Å². The SMILES string of the molecule is CC[C@H](Nc1cc(C(F)F)c(-c2cnc(C(=O)N[C@@H]3COC[C@H]3O)s2)cn1)C(F)(F)F. The van der Waals surface area contributed by atoms with E-state index in [4.69, 9.17) is 4.74 Å². The number of pyridine rings is 1. The number of ether oxygens (including phenoxy) is 1. The summed E-state index contributed by atoms with van der Waals surface area (Å²) < 4.78 is 71.1. The normalized spacial score (nSPS) is 20.1. The van der Waals surface area contributed by atoms with Crippen molar-refractivity contribution < 1.29 is 36.6 Å². The number of nitrogens with one attached hydrogen (secondary N) is 2. The van der Waals surface area contributed by atoms with Crippen LogP contribution >= 0.6 is 11.3 Å². The first-order valence-corrected chi connectivity index (χ1v) is 10.1. The molecule has 3 rings (SSSR count). The van der Waals surface area contributed by atoms with E-state index in [0.717, 1.165) is 23.6 Å². The fourth-order valence-corrected chi connectivity index (χ4v) is 3.80. The molecular weight excluding hydrogens is 447 g/mol. The van der Waals surface area contributed by atoms with Crippen LogP contribution in [0.3, 0.4) is 0 Å². The predicted octanol–water partition coefficient (Wildman–Crippen LogP) is 3.39. The fraction of sp³-hybridized carbons (Fsp3) is 0.500. The minimum Gasteiger partial charge on any atom is -0.388 e. The zero-order valence-corrected chi connectivity index (χ0v) is 16.9. The van der Waals surface area contributed by atoms with E-state index in [1.165, 1.54) is 13.1 Å². The van der Waals surface area contributed by atoms with Gasteiger partial charge in [-0.1, -0.05) is 6.92 Å². The predicted molar refractivity (Wildman–Crippen MR) is 102 cm³/mol. The summed E-state index contributed by atoms with van der Waals surface area (Å²) >= 11 is 0.819. The van der Waals surface area contributed by atoms with Crippen molar-refractivity contribution in [1.82, 2.24) is 15.3 Å². The number of carbonyl (C=O) groups excluding carboxylic acids is 1. The molecule has 2 aromatic rings. The summed E-state index contributed by atoms with van der Waals surface area (Å²) in [6, 6.07) is -1.67. The lowest BCUT2D eigenvalue weighted by molar-refractivity contribution is -0.142. The van der Waals surface area contributed by atoms with Crippen LogP contribution in [0.15, 0.2) is 18.5 Å². The standard InChI is InChI=1S/C18H19F5N4O3S/c1-2-13(18(21,22)23)27-14-3-8(15(19)20)9(4-24-14)12-5-25-17(31-12)16(29)26-10-6-30-7-11(10)28/h3-5,10-11,13,15,28H,2,6-7H2,1H3,(H,24,27)(H,26,29)/t10-,11-,13+/m1/s1. The second kappa shape index (κ2) is 9.40. The molecule has 0 aliphatic carbocycles. The van der Waals surface area contributed by atoms with Gasteiger partial charge in [0.25, 0.3) is 12.3 Å². The van der Waals surface area contributed by atoms with E-state index < -0.39 is 42.3 Å². The zero-order valence-electron chi connectivity index (χ0n) is 16.1. The van der Waals surface area contributed by atoms with E-state index >= 15 is 0 Å². The molecule has 0 spiro atoms. The number of alkyl halides is 5. The van der Waals surface area contributed by atoms with Gasteiger partial charge in [0.05, 0.1) is 30.2 Å². The molecule has 7 nitrogen and oxygen atoms in total. The third kappa shape index (κ3) is 5.46. The summed E-state index contributed by atoms with van der Waals surface area (Å²) in [6.07, 6.45) is -6.47. The highest BCUT2D eigenvalue weighted by Gasteiger charge is 2.38. The van der Waals surface area contributed by atoms with E-state index in [2.05, 4.69) is 20.6 Å². The lowest BCUT2D eigenvalue weighted by Crippen LogP contribution is -2.42. The molecule has 0 aromatic carbocycles. The van der Waals surface area contributed by atoms with Gasteiger partial charge in [-0.05, 0) is 12.5 Å². The van der Waals surface area contributed by atoms with Crippen molar-refractivity contribution in [3.63, 3.8) is 0 Å². The Morgan fingerprint density at radius 3 is 2.65 bits per heavy atom. The minimum atomic E-state index is -4.56. The number of nitrogens with zero attached hydrogens (tertiary/aromatic N) is 2. The van der Waals surface area contributed by atoms with Gasteiger partial charge in [-0.2, -0.15) is 13.2 Å². The number of aromatic nitrogens is 2. The Bertz CT molecular complexity index is 924. The second-order valence-corrected chi connectivity index (χ2v) is 7.85. The van der Waals surface area contributed by atoms with E-state index in [9.17, 15) is 31.9 Å². The van der Waals surface area contributed by atoms with Crippen LogP contribution in [0.5, 0.6) is 0 Å². The molecule has 1 saturated heterocycles. The molecule has 31 heavy (non-hydrogen) atoms. The van der Waals surface area contributed by atoms with E-state index in [1.54, 1.807) is 0 Å². The summed E-state index contributed by atoms with van der Waals surface area (Å²) in [7, 11) is 0. The average molecular weight is 466 g/mol. The van der Waals surface area contributed by atoms with Crippen molar-refractivity contribution in [2.75, 3.05) is 18.5 Å². The highest BCUT2D eigenvalue weighted by molar-refractivity contribution is 7.17. The number of halogens is 5. The van der Waals surface area contributed by atoms with Gasteiger partial charge in [0.2, 0.25) is 0 Å². The molecule has 3 atom stereocenters. The molecule has 1 fully saturated rings. The van der Waals surface area contributed by atoms with Gasteiger partial charge in [0, 0.05) is 23.5 Å². The highest BCUT2D eigenvalue weighted by Crippen LogP contribution is 2.36. The number of hydrogen-bond donors (Lipinski definition) is 3. The van der Waals surface area contributed by atoms with Gasteiger partial charge >= 0.3 is 6.18 Å². The van der Waals surface area contributed by atoms with Gasteiger partial charge in [-0.25, -0.2) is 18.7 Å². The quantitative estimate of drug-likeness (QED) is 0.542. The van der Waals surface area contributed by atoms with Gasteiger partial charge in [-0.15, -0.1) is 11.3 Å². The maximum absolute atomic E-state index is 13.6. The first kappa shape index (κ1) is 23.3. The molecule has 2 aromatic heterocycles. The zero-order chi connectivity index (χ0) is 22.8. The van der Waals surface area contributed by atoms with Crippen molar-refractivity contribution >= 4 is 23.1 Å². The Balaban J connectivity index is 1.81. The van der Waals surface area contributed by atoms with Gasteiger partial charge in [-0.3, -0.25) is 4.79 Å². The number of aliphatic hydroxyl groups excluding tert-OH is 1. The Labute approximate surface area is 177 Å². The van der Waals surface area contributed by atoms with Crippen LogP contribution in [0.4, 0.5) is 27.8 Å². The summed E-state index contributed by atoms with van der Waals surface area (Å²) in [6.45, 7) is 1.54. The van der Waals surface area contributed by atoms with Gasteiger partial charge in [0.15, 0.2) is 5.01 Å². The van der Waals surface area contributed by atoms with Crippen molar-refractivity contribution in [2.24, 2.45) is 0 Å². The average Bonchev–Trinajstić information content (AvgIpc) is 3.34. The maximum atomic E-state index is 13.6. The van der Waals surface area contributed by atoms with Crippen molar-refractivity contribution in [3.8, 4) is 10.4 Å². The first-order valence-electron chi connectivity index (χ1n) is 9.24. The molecule has 0 saturated carbocycles. The minimum absolute atomic E-state index is 0.0281. The number of anilines is 1. The van der Waals surface area contributed by atoms with E-state index in [0.29, 0.717) is 0 Å². The van der Waals surface area contributed by atoms with Gasteiger partial charge in [0.1, 0.15) is 11.9 Å². The Morgan fingerprint density at radius 1 is 1.32 bits per heavy atom. The third-order valence-electron chi connectivity index (χ3n) is 4.63. The monoisotopic (exact) mass is 466 g/mol. The van der Waals surface area contributed by atoms with Crippen LogP contribution < -0.4 is 10.6 Å². The van der Waals surface area contributed by atoms with Gasteiger partial charge < -0.3 is 20.5 Å². The van der Waals surface area contributed by atoms with Crippen molar-refractivity contribution in [2.45, 2.75) is 44.1 Å². The summed E-state index contributed by atoms with van der Waals surface area (Å²) in [4.78, 5) is 20.3. The Hall–Kier alpha value is -2.38. The van der Waals surface area contributed by atoms with E-state index in [-0.39, 0.29) is 40.9 Å². The van der Waals surface area contributed by atoms with E-state index in [1.807, 2.05) is 0 Å². The number of thiazole rings is 1. The molecule has 1 amide bonds. The highest BCUT2D eigenvalue weighted by atomic mass is 32.1. The van der Waals surface area contributed by atoms with Crippen molar-refractivity contribution in [1.29, 1.82) is 0 Å². The van der Waals surface area contributed by atoms with Crippen LogP contribution in [0.2, 0.25) is 0 Å². The lowest BCUT2D eigenvalue weighted by atomic mass is 10.1. The molecule has 3 N–H and O–H groups in total. The second-order valence-electron chi connectivity index (χ2n) is 6.82.